The Hall–Kier alpha value is -2.70. The summed E-state index contributed by atoms with van der Waals surface area (Å²) in [6, 6.07) is 17.7. The Morgan fingerprint density at radius 3 is 2.66 bits per heavy atom. The number of hydrogen-bond acceptors (Lipinski definition) is 4. The maximum absolute atomic E-state index is 14.1. The van der Waals surface area contributed by atoms with E-state index in [9.17, 15) is 4.39 Å². The molecule has 1 saturated heterocycles. The number of halogens is 1. The van der Waals surface area contributed by atoms with E-state index in [0.717, 1.165) is 43.4 Å². The highest BCUT2D eigenvalue weighted by Gasteiger charge is 2.20. The van der Waals surface area contributed by atoms with Crippen LogP contribution in [0.4, 0.5) is 10.1 Å². The summed E-state index contributed by atoms with van der Waals surface area (Å²) >= 11 is 1.73. The Balaban J connectivity index is 1.30. The lowest BCUT2D eigenvalue weighted by atomic mass is 10.2. The fourth-order valence-corrected chi connectivity index (χ4v) is 5.02. The van der Waals surface area contributed by atoms with Gasteiger partial charge in [0, 0.05) is 44.6 Å². The van der Waals surface area contributed by atoms with Crippen LogP contribution in [0.3, 0.4) is 0 Å². The van der Waals surface area contributed by atoms with Gasteiger partial charge in [-0.05, 0) is 48.9 Å². The van der Waals surface area contributed by atoms with Gasteiger partial charge in [-0.1, -0.05) is 29.5 Å². The topological polar surface area (TPSA) is 24.3 Å². The molecule has 0 amide bonds. The molecule has 5 rings (SSSR count). The van der Waals surface area contributed by atoms with Crippen molar-refractivity contribution in [2.24, 2.45) is 0 Å². The van der Waals surface area contributed by atoms with Gasteiger partial charge in [0.25, 0.3) is 0 Å². The molecule has 3 heterocycles. The fourth-order valence-electron chi connectivity index (χ4n) is 3.94. The summed E-state index contributed by atoms with van der Waals surface area (Å²) in [6.07, 6.45) is 2.09. The highest BCUT2D eigenvalue weighted by molar-refractivity contribution is 7.20. The predicted molar refractivity (Wildman–Crippen MR) is 118 cm³/mol. The Bertz CT molecular complexity index is 1140. The first-order valence-corrected chi connectivity index (χ1v) is 10.7. The number of nitrogens with zero attached hydrogens (tertiary/aromatic N) is 4. The van der Waals surface area contributed by atoms with Crippen LogP contribution in [0.15, 0.2) is 60.8 Å². The fraction of sp³-hybridized carbons (Fsp3) is 0.261. The van der Waals surface area contributed by atoms with Crippen molar-refractivity contribution < 1.29 is 4.39 Å². The summed E-state index contributed by atoms with van der Waals surface area (Å²) in [5.41, 5.74) is 4.25. The molecule has 29 heavy (non-hydrogen) atoms. The molecule has 1 aliphatic rings. The summed E-state index contributed by atoms with van der Waals surface area (Å²) in [4.78, 5) is 9.40. The molecule has 2 aromatic heterocycles. The number of piperazine rings is 1. The van der Waals surface area contributed by atoms with Gasteiger partial charge in [-0.3, -0.25) is 9.47 Å². The van der Waals surface area contributed by atoms with Crippen LogP contribution < -0.4 is 4.90 Å². The van der Waals surface area contributed by atoms with Crippen molar-refractivity contribution in [3.8, 4) is 5.13 Å². The van der Waals surface area contributed by atoms with Gasteiger partial charge in [0.1, 0.15) is 5.82 Å². The Morgan fingerprint density at radius 1 is 1.00 bits per heavy atom. The first-order valence-electron chi connectivity index (χ1n) is 9.93. The second-order valence-electron chi connectivity index (χ2n) is 7.55. The van der Waals surface area contributed by atoms with Gasteiger partial charge in [-0.15, -0.1) is 0 Å². The van der Waals surface area contributed by atoms with Gasteiger partial charge in [0.15, 0.2) is 5.13 Å². The van der Waals surface area contributed by atoms with Crippen molar-refractivity contribution in [1.29, 1.82) is 0 Å². The maximum atomic E-state index is 14.1. The van der Waals surface area contributed by atoms with Crippen molar-refractivity contribution in [2.75, 3.05) is 31.1 Å². The molecule has 1 fully saturated rings. The van der Waals surface area contributed by atoms with E-state index in [4.69, 9.17) is 4.98 Å². The van der Waals surface area contributed by atoms with Crippen LogP contribution in [0.25, 0.3) is 15.3 Å². The molecule has 0 atom stereocenters. The first kappa shape index (κ1) is 18.3. The second kappa shape index (κ2) is 7.61. The zero-order chi connectivity index (χ0) is 19.8. The monoisotopic (exact) mass is 406 g/mol. The van der Waals surface area contributed by atoms with E-state index in [1.807, 2.05) is 12.1 Å². The van der Waals surface area contributed by atoms with Crippen molar-refractivity contribution in [1.82, 2.24) is 14.5 Å². The summed E-state index contributed by atoms with van der Waals surface area (Å²) in [5.74, 6) is -0.138. The number of hydrogen-bond donors (Lipinski definition) is 0. The van der Waals surface area contributed by atoms with Crippen LogP contribution >= 0.6 is 11.3 Å². The highest BCUT2D eigenvalue weighted by atomic mass is 32.1. The normalized spacial score (nSPS) is 15.3. The highest BCUT2D eigenvalue weighted by Crippen LogP contribution is 2.27. The largest absolute Gasteiger partial charge is 0.367 e. The van der Waals surface area contributed by atoms with E-state index in [-0.39, 0.29) is 5.82 Å². The molecule has 0 spiro atoms. The molecule has 0 N–H and O–H groups in total. The lowest BCUT2D eigenvalue weighted by molar-refractivity contribution is 0.245. The number of aryl methyl sites for hydroxylation is 1. The molecule has 2 aromatic carbocycles. The van der Waals surface area contributed by atoms with Crippen LogP contribution in [0.1, 0.15) is 11.3 Å². The first-order chi connectivity index (χ1) is 14.2. The van der Waals surface area contributed by atoms with E-state index in [1.54, 1.807) is 17.4 Å². The molecule has 0 bridgehead atoms. The van der Waals surface area contributed by atoms with Crippen LogP contribution in [0.5, 0.6) is 0 Å². The number of rotatable bonds is 4. The summed E-state index contributed by atoms with van der Waals surface area (Å²) < 4.78 is 17.5. The third kappa shape index (κ3) is 3.66. The maximum Gasteiger partial charge on any atom is 0.194 e. The zero-order valence-electron chi connectivity index (χ0n) is 16.4. The van der Waals surface area contributed by atoms with Crippen molar-refractivity contribution >= 4 is 27.2 Å². The zero-order valence-corrected chi connectivity index (χ0v) is 17.2. The van der Waals surface area contributed by atoms with Crippen molar-refractivity contribution in [3.05, 3.63) is 77.9 Å². The Kier molecular flexibility index (Phi) is 4.81. The molecular weight excluding hydrogens is 383 g/mol. The van der Waals surface area contributed by atoms with E-state index in [1.165, 1.54) is 22.0 Å². The number of aromatic nitrogens is 2. The number of fused-ring (bicyclic) bond motifs is 1. The Labute approximate surface area is 173 Å². The molecule has 0 aliphatic carbocycles. The van der Waals surface area contributed by atoms with Crippen LogP contribution in [-0.2, 0) is 6.54 Å². The van der Waals surface area contributed by atoms with Gasteiger partial charge < -0.3 is 4.90 Å². The standard InChI is InChI=1S/C23H23FN4S/c1-17-8-9-20-22(15-17)29-23(25-20)28-10-4-5-18(28)16-26-11-13-27(14-12-26)21-7-3-2-6-19(21)24/h2-10,15H,11-14,16H2,1H3. The average molecular weight is 407 g/mol. The molecule has 0 saturated carbocycles. The lowest BCUT2D eigenvalue weighted by Gasteiger charge is -2.36. The van der Waals surface area contributed by atoms with Crippen LogP contribution in [0, 0.1) is 12.7 Å². The van der Waals surface area contributed by atoms with Gasteiger partial charge >= 0.3 is 0 Å². The molecule has 0 radical (unpaired) electrons. The quantitative estimate of drug-likeness (QED) is 0.484. The minimum atomic E-state index is -0.138. The van der Waals surface area contributed by atoms with Gasteiger partial charge in [0.05, 0.1) is 15.9 Å². The minimum Gasteiger partial charge on any atom is -0.367 e. The lowest BCUT2D eigenvalue weighted by Crippen LogP contribution is -2.46. The van der Waals surface area contributed by atoms with Gasteiger partial charge in [0.2, 0.25) is 0 Å². The van der Waals surface area contributed by atoms with Crippen molar-refractivity contribution in [2.45, 2.75) is 13.5 Å². The molecule has 6 heteroatoms. The smallest absolute Gasteiger partial charge is 0.194 e. The van der Waals surface area contributed by atoms with E-state index < -0.39 is 0 Å². The third-order valence-corrected chi connectivity index (χ3v) is 6.54. The van der Waals surface area contributed by atoms with Gasteiger partial charge in [-0.2, -0.15) is 0 Å². The number of para-hydroxylation sites is 1. The number of anilines is 1. The molecule has 0 unspecified atom stereocenters. The minimum absolute atomic E-state index is 0.138. The number of thiazole rings is 1. The van der Waals surface area contributed by atoms with E-state index in [2.05, 4.69) is 57.8 Å². The average Bonchev–Trinajstić information content (AvgIpc) is 3.35. The van der Waals surface area contributed by atoms with Gasteiger partial charge in [-0.25, -0.2) is 9.37 Å². The van der Waals surface area contributed by atoms with Crippen LogP contribution in [0.2, 0.25) is 0 Å². The molecule has 1 aliphatic heterocycles. The summed E-state index contributed by atoms with van der Waals surface area (Å²) in [5, 5.41) is 1.01. The Morgan fingerprint density at radius 2 is 1.83 bits per heavy atom. The van der Waals surface area contributed by atoms with Crippen molar-refractivity contribution in [3.63, 3.8) is 0 Å². The molecular formula is C23H23FN4S. The summed E-state index contributed by atoms with van der Waals surface area (Å²) in [7, 11) is 0. The molecule has 4 nitrogen and oxygen atoms in total. The SMILES string of the molecule is Cc1ccc2nc(-n3cccc3CN3CCN(c4ccccc4F)CC3)sc2c1. The summed E-state index contributed by atoms with van der Waals surface area (Å²) in [6.45, 7) is 6.48. The predicted octanol–water partition coefficient (Wildman–Crippen LogP) is 4.86. The van der Waals surface area contributed by atoms with E-state index >= 15 is 0 Å². The number of benzene rings is 2. The third-order valence-electron chi connectivity index (χ3n) is 5.52. The van der Waals surface area contributed by atoms with Crippen LogP contribution in [-0.4, -0.2) is 40.6 Å². The molecule has 4 aromatic rings. The molecule has 148 valence electrons. The second-order valence-corrected chi connectivity index (χ2v) is 8.56. The van der Waals surface area contributed by atoms with E-state index in [0.29, 0.717) is 5.69 Å².